The van der Waals surface area contributed by atoms with Gasteiger partial charge in [0, 0.05) is 12.4 Å². The molecule has 0 unspecified atom stereocenters. The van der Waals surface area contributed by atoms with Gasteiger partial charge in [-0.25, -0.2) is 18.4 Å². The molecule has 0 aliphatic heterocycles. The predicted octanol–water partition coefficient (Wildman–Crippen LogP) is 2.00. The third-order valence-electron chi connectivity index (χ3n) is 3.25. The fraction of sp³-hybridized carbons (Fsp3) is 0.500. The molecule has 1 aliphatic carbocycles. The summed E-state index contributed by atoms with van der Waals surface area (Å²) in [6.07, 6.45) is 8.09. The normalized spacial score (nSPS) is 24.7. The van der Waals surface area contributed by atoms with Crippen molar-refractivity contribution in [2.45, 2.75) is 36.1 Å². The molecule has 1 saturated carbocycles. The van der Waals surface area contributed by atoms with Crippen LogP contribution in [0, 0.1) is 5.92 Å². The summed E-state index contributed by atoms with van der Waals surface area (Å²) in [7, 11) is -3.38. The lowest BCUT2D eigenvalue weighted by Gasteiger charge is -2.17. The van der Waals surface area contributed by atoms with Crippen LogP contribution in [-0.2, 0) is 9.84 Å². The Labute approximate surface area is 102 Å². The van der Waals surface area contributed by atoms with Crippen molar-refractivity contribution in [3.63, 3.8) is 0 Å². The minimum atomic E-state index is -3.38. The van der Waals surface area contributed by atoms with Crippen LogP contribution in [0.5, 0.6) is 0 Å². The van der Waals surface area contributed by atoms with Gasteiger partial charge in [-0.2, -0.15) is 0 Å². The maximum atomic E-state index is 12.4. The zero-order valence-electron chi connectivity index (χ0n) is 9.62. The third kappa shape index (κ3) is 2.39. The highest BCUT2D eigenvalue weighted by Gasteiger charge is 2.38. The summed E-state index contributed by atoms with van der Waals surface area (Å²) in [4.78, 5) is 7.73. The van der Waals surface area contributed by atoms with Crippen molar-refractivity contribution in [3.05, 3.63) is 31.1 Å². The van der Waals surface area contributed by atoms with Crippen LogP contribution in [0.2, 0.25) is 0 Å². The van der Waals surface area contributed by atoms with Gasteiger partial charge < -0.3 is 0 Å². The molecular formula is C12H16N2O2S. The minimum absolute atomic E-state index is 0.0408. The molecule has 2 atom stereocenters. The van der Waals surface area contributed by atoms with Crippen molar-refractivity contribution in [2.75, 3.05) is 0 Å². The maximum Gasteiger partial charge on any atom is 0.247 e. The van der Waals surface area contributed by atoms with Gasteiger partial charge in [-0.3, -0.25) is 0 Å². The van der Waals surface area contributed by atoms with E-state index in [-0.39, 0.29) is 16.3 Å². The second kappa shape index (κ2) is 4.96. The minimum Gasteiger partial charge on any atom is -0.227 e. The number of allylic oxidation sites excluding steroid dienone is 1. The molecule has 1 fully saturated rings. The largest absolute Gasteiger partial charge is 0.247 e. The molecule has 5 heteroatoms. The van der Waals surface area contributed by atoms with E-state index in [4.69, 9.17) is 0 Å². The summed E-state index contributed by atoms with van der Waals surface area (Å²) >= 11 is 0. The van der Waals surface area contributed by atoms with Gasteiger partial charge in [0.15, 0.2) is 0 Å². The smallest absolute Gasteiger partial charge is 0.227 e. The third-order valence-corrected chi connectivity index (χ3v) is 5.39. The molecule has 1 aromatic rings. The molecule has 0 N–H and O–H groups in total. The molecule has 0 spiro atoms. The summed E-state index contributed by atoms with van der Waals surface area (Å²) < 4.78 is 24.7. The molecule has 0 radical (unpaired) electrons. The molecule has 1 aliphatic rings. The zero-order chi connectivity index (χ0) is 12.3. The maximum absolute atomic E-state index is 12.4. The molecule has 0 saturated heterocycles. The van der Waals surface area contributed by atoms with Crippen molar-refractivity contribution < 1.29 is 8.42 Å². The first-order valence-electron chi connectivity index (χ1n) is 5.78. The lowest BCUT2D eigenvalue weighted by molar-refractivity contribution is 0.515. The van der Waals surface area contributed by atoms with Gasteiger partial charge in [0.2, 0.25) is 15.0 Å². The lowest BCUT2D eigenvalue weighted by atomic mass is 10.0. The van der Waals surface area contributed by atoms with Crippen LogP contribution >= 0.6 is 0 Å². The van der Waals surface area contributed by atoms with Crippen LogP contribution in [0.4, 0.5) is 0 Å². The van der Waals surface area contributed by atoms with E-state index < -0.39 is 9.84 Å². The van der Waals surface area contributed by atoms with Gasteiger partial charge in [0.25, 0.3) is 0 Å². The topological polar surface area (TPSA) is 59.9 Å². The summed E-state index contributed by atoms with van der Waals surface area (Å²) in [6.45, 7) is 3.69. The fourth-order valence-electron chi connectivity index (χ4n) is 2.46. The van der Waals surface area contributed by atoms with Gasteiger partial charge >= 0.3 is 0 Å². The standard InChI is InChI=1S/C12H16N2O2S/c1-2-5-10-6-3-7-11(10)17(15,16)12-13-8-4-9-14-12/h2,4,8-11H,1,3,5-7H2/t10-,11+/m1/s1. The molecule has 2 rings (SSSR count). The van der Waals surface area contributed by atoms with Gasteiger partial charge in [0.05, 0.1) is 5.25 Å². The van der Waals surface area contributed by atoms with Crippen molar-refractivity contribution in [3.8, 4) is 0 Å². The second-order valence-corrected chi connectivity index (χ2v) is 6.39. The first-order chi connectivity index (χ1) is 8.16. The number of hydrogen-bond donors (Lipinski definition) is 0. The summed E-state index contributed by atoms with van der Waals surface area (Å²) in [6, 6.07) is 1.62. The number of aromatic nitrogens is 2. The molecule has 0 aromatic carbocycles. The van der Waals surface area contributed by atoms with Gasteiger partial charge in [-0.1, -0.05) is 12.5 Å². The van der Waals surface area contributed by atoms with E-state index in [2.05, 4.69) is 16.5 Å². The van der Waals surface area contributed by atoms with Crippen molar-refractivity contribution in [2.24, 2.45) is 5.92 Å². The Balaban J connectivity index is 2.30. The summed E-state index contributed by atoms with van der Waals surface area (Å²) in [5.41, 5.74) is 0. The van der Waals surface area contributed by atoms with Crippen LogP contribution in [0.3, 0.4) is 0 Å². The Hall–Kier alpha value is -1.23. The Kier molecular flexibility index (Phi) is 3.57. The molecular weight excluding hydrogens is 236 g/mol. The molecule has 1 aromatic heterocycles. The van der Waals surface area contributed by atoms with Crippen molar-refractivity contribution >= 4 is 9.84 Å². The summed E-state index contributed by atoms with van der Waals surface area (Å²) in [5, 5.41) is -0.385. The van der Waals surface area contributed by atoms with Crippen molar-refractivity contribution in [1.29, 1.82) is 0 Å². The van der Waals surface area contributed by atoms with E-state index in [0.29, 0.717) is 6.42 Å². The first kappa shape index (κ1) is 12.2. The van der Waals surface area contributed by atoms with Gasteiger partial charge in [-0.05, 0) is 31.2 Å². The van der Waals surface area contributed by atoms with Crippen LogP contribution in [0.25, 0.3) is 0 Å². The van der Waals surface area contributed by atoms with Crippen LogP contribution < -0.4 is 0 Å². The van der Waals surface area contributed by atoms with Crippen LogP contribution in [0.15, 0.2) is 36.3 Å². The highest BCUT2D eigenvalue weighted by atomic mass is 32.2. The molecule has 4 nitrogen and oxygen atoms in total. The van der Waals surface area contributed by atoms with Crippen molar-refractivity contribution in [1.82, 2.24) is 9.97 Å². The number of hydrogen-bond acceptors (Lipinski definition) is 4. The number of sulfone groups is 1. The average molecular weight is 252 g/mol. The molecule has 92 valence electrons. The lowest BCUT2D eigenvalue weighted by Crippen LogP contribution is -2.26. The monoisotopic (exact) mass is 252 g/mol. The van der Waals surface area contributed by atoms with E-state index in [1.807, 2.05) is 0 Å². The van der Waals surface area contributed by atoms with E-state index in [0.717, 1.165) is 19.3 Å². The van der Waals surface area contributed by atoms with Crippen LogP contribution in [-0.4, -0.2) is 23.6 Å². The van der Waals surface area contributed by atoms with Gasteiger partial charge in [-0.15, -0.1) is 6.58 Å². The van der Waals surface area contributed by atoms with Gasteiger partial charge in [0.1, 0.15) is 0 Å². The highest BCUT2D eigenvalue weighted by Crippen LogP contribution is 2.35. The summed E-state index contributed by atoms with van der Waals surface area (Å²) in [5.74, 6) is 0.168. The SMILES string of the molecule is C=CC[C@@H]1CCC[C@@H]1S(=O)(=O)c1ncccn1. The highest BCUT2D eigenvalue weighted by molar-refractivity contribution is 7.91. The first-order valence-corrected chi connectivity index (χ1v) is 7.32. The van der Waals surface area contributed by atoms with E-state index in [9.17, 15) is 8.42 Å². The fourth-order valence-corrected chi connectivity index (χ4v) is 4.38. The Bertz CT molecular complexity index is 484. The Morgan fingerprint density at radius 1 is 1.35 bits per heavy atom. The van der Waals surface area contributed by atoms with Crippen LogP contribution in [0.1, 0.15) is 25.7 Å². The quantitative estimate of drug-likeness (QED) is 0.607. The predicted molar refractivity (Wildman–Crippen MR) is 65.2 cm³/mol. The molecule has 0 bridgehead atoms. The molecule has 0 amide bonds. The number of rotatable bonds is 4. The number of nitrogens with zero attached hydrogens (tertiary/aromatic N) is 2. The Morgan fingerprint density at radius 3 is 2.71 bits per heavy atom. The Morgan fingerprint density at radius 2 is 2.06 bits per heavy atom. The zero-order valence-corrected chi connectivity index (χ0v) is 10.4. The molecule has 17 heavy (non-hydrogen) atoms. The second-order valence-electron chi connectivity index (χ2n) is 4.33. The molecule has 1 heterocycles. The van der Waals surface area contributed by atoms with E-state index >= 15 is 0 Å². The average Bonchev–Trinajstić information content (AvgIpc) is 2.80. The van der Waals surface area contributed by atoms with E-state index in [1.54, 1.807) is 12.1 Å². The van der Waals surface area contributed by atoms with E-state index in [1.165, 1.54) is 12.4 Å².